The molecule has 0 fully saturated rings. The zero-order valence-corrected chi connectivity index (χ0v) is 10.8. The molecule has 0 aromatic heterocycles. The third-order valence-corrected chi connectivity index (χ3v) is 2.40. The van der Waals surface area contributed by atoms with Crippen LogP contribution in [0.2, 0.25) is 0 Å². The monoisotopic (exact) mass is 245 g/mol. The number of ether oxygens (including phenoxy) is 1. The first kappa shape index (κ1) is 14.0. The molecule has 1 atom stereocenters. The fraction of sp³-hybridized carbons (Fsp3) is 0.267. The molecule has 0 saturated carbocycles. The van der Waals surface area contributed by atoms with E-state index in [1.165, 1.54) is 6.92 Å². The minimum Gasteiger partial charge on any atom is -0.501 e. The lowest BCUT2D eigenvalue weighted by Crippen LogP contribution is -2.26. The molecular formula is C15H19NO2. The molecule has 96 valence electrons. The Labute approximate surface area is 108 Å². The number of amides is 1. The maximum atomic E-state index is 11.3. The normalized spacial score (nSPS) is 12.1. The quantitative estimate of drug-likeness (QED) is 0.618. The van der Waals surface area contributed by atoms with E-state index in [0.717, 1.165) is 11.1 Å². The van der Waals surface area contributed by atoms with E-state index in [4.69, 9.17) is 4.74 Å². The average Bonchev–Trinajstić information content (AvgIpc) is 2.37. The number of hydrogen-bond acceptors (Lipinski definition) is 2. The van der Waals surface area contributed by atoms with Crippen molar-refractivity contribution < 1.29 is 9.53 Å². The molecule has 3 heteroatoms. The summed E-state index contributed by atoms with van der Waals surface area (Å²) in [5, 5.41) is 2.88. The number of nitrogens with one attached hydrogen (secondary N) is 1. The summed E-state index contributed by atoms with van der Waals surface area (Å²) in [4.78, 5) is 11.3. The molecule has 0 heterocycles. The van der Waals surface area contributed by atoms with Crippen molar-refractivity contribution in [2.75, 3.05) is 6.61 Å². The van der Waals surface area contributed by atoms with Crippen molar-refractivity contribution in [3.05, 3.63) is 60.4 Å². The Morgan fingerprint density at radius 1 is 1.44 bits per heavy atom. The van der Waals surface area contributed by atoms with Crippen molar-refractivity contribution >= 4 is 5.91 Å². The largest absolute Gasteiger partial charge is 0.501 e. The molecule has 18 heavy (non-hydrogen) atoms. The Hall–Kier alpha value is -2.03. The Kier molecular flexibility index (Phi) is 5.71. The van der Waals surface area contributed by atoms with Crippen molar-refractivity contribution in [1.82, 2.24) is 5.32 Å². The second-order valence-electron chi connectivity index (χ2n) is 3.88. The second-order valence-corrected chi connectivity index (χ2v) is 3.88. The molecule has 0 aliphatic rings. The highest BCUT2D eigenvalue weighted by Crippen LogP contribution is 2.21. The van der Waals surface area contributed by atoms with Gasteiger partial charge in [-0.25, -0.2) is 0 Å². The zero-order valence-electron chi connectivity index (χ0n) is 10.8. The van der Waals surface area contributed by atoms with Crippen LogP contribution in [0.1, 0.15) is 25.5 Å². The van der Waals surface area contributed by atoms with Gasteiger partial charge in [-0.05, 0) is 24.1 Å². The highest BCUT2D eigenvalue weighted by Gasteiger charge is 2.13. The molecule has 1 rings (SSSR count). The fourth-order valence-corrected chi connectivity index (χ4v) is 1.57. The van der Waals surface area contributed by atoms with Gasteiger partial charge in [-0.3, -0.25) is 4.79 Å². The van der Waals surface area contributed by atoms with Gasteiger partial charge in [0.1, 0.15) is 0 Å². The number of benzene rings is 1. The summed E-state index contributed by atoms with van der Waals surface area (Å²) in [6.07, 6.45) is 3.37. The average molecular weight is 245 g/mol. The van der Waals surface area contributed by atoms with E-state index >= 15 is 0 Å². The molecule has 1 amide bonds. The summed E-state index contributed by atoms with van der Waals surface area (Å²) in [5.74, 6) is -0.0881. The maximum Gasteiger partial charge on any atom is 0.217 e. The van der Waals surface area contributed by atoms with E-state index in [1.807, 2.05) is 37.3 Å². The van der Waals surface area contributed by atoms with Crippen molar-refractivity contribution in [1.29, 1.82) is 0 Å². The number of rotatable bonds is 6. The highest BCUT2D eigenvalue weighted by atomic mass is 16.5. The van der Waals surface area contributed by atoms with Crippen molar-refractivity contribution in [3.63, 3.8) is 0 Å². The van der Waals surface area contributed by atoms with Gasteiger partial charge in [-0.2, -0.15) is 0 Å². The predicted molar refractivity (Wildman–Crippen MR) is 72.9 cm³/mol. The van der Waals surface area contributed by atoms with Crippen LogP contribution in [0, 0.1) is 0 Å². The molecule has 0 radical (unpaired) electrons. The van der Waals surface area contributed by atoms with Gasteiger partial charge in [0.15, 0.2) is 0 Å². The summed E-state index contributed by atoms with van der Waals surface area (Å²) in [7, 11) is 0. The van der Waals surface area contributed by atoms with Crippen molar-refractivity contribution in [3.8, 4) is 0 Å². The molecule has 0 aliphatic carbocycles. The second kappa shape index (κ2) is 7.33. The summed E-state index contributed by atoms with van der Waals surface area (Å²) >= 11 is 0. The Morgan fingerprint density at radius 2 is 2.11 bits per heavy atom. The molecule has 0 spiro atoms. The van der Waals surface area contributed by atoms with E-state index < -0.39 is 0 Å². The molecule has 0 saturated heterocycles. The minimum atomic E-state index is -0.222. The predicted octanol–water partition coefficient (Wildman–Crippen LogP) is 2.97. The van der Waals surface area contributed by atoms with Crippen LogP contribution in [0.5, 0.6) is 0 Å². The lowest BCUT2D eigenvalue weighted by Gasteiger charge is -2.18. The van der Waals surface area contributed by atoms with Gasteiger partial charge in [0, 0.05) is 6.92 Å². The molecule has 3 nitrogen and oxygen atoms in total. The first-order valence-corrected chi connectivity index (χ1v) is 5.94. The number of carbonyl (C=O) groups is 1. The third kappa shape index (κ3) is 4.45. The van der Waals surface area contributed by atoms with Crippen molar-refractivity contribution in [2.24, 2.45) is 0 Å². The molecule has 1 N–H and O–H groups in total. The van der Waals surface area contributed by atoms with E-state index in [9.17, 15) is 4.79 Å². The highest BCUT2D eigenvalue weighted by molar-refractivity contribution is 5.74. The van der Waals surface area contributed by atoms with Crippen LogP contribution in [-0.2, 0) is 9.53 Å². The smallest absolute Gasteiger partial charge is 0.217 e. The Balaban J connectivity index is 2.85. The topological polar surface area (TPSA) is 38.3 Å². The molecule has 1 aromatic carbocycles. The van der Waals surface area contributed by atoms with Crippen LogP contribution in [0.25, 0.3) is 0 Å². The molecule has 0 aliphatic heterocycles. The Bertz CT molecular complexity index is 423. The number of carbonyl (C=O) groups excluding carboxylic acids is 1. The van der Waals surface area contributed by atoms with Gasteiger partial charge < -0.3 is 10.1 Å². The van der Waals surface area contributed by atoms with Gasteiger partial charge in [-0.1, -0.05) is 36.9 Å². The van der Waals surface area contributed by atoms with Crippen molar-refractivity contribution in [2.45, 2.75) is 19.9 Å². The SMILES string of the molecule is C=C(/C=C/OCC)[C@@H](NC(C)=O)c1ccccc1. The minimum absolute atomic E-state index is 0.0881. The number of hydrogen-bond donors (Lipinski definition) is 1. The fourth-order valence-electron chi connectivity index (χ4n) is 1.57. The zero-order chi connectivity index (χ0) is 13.4. The van der Waals surface area contributed by atoms with Gasteiger partial charge >= 0.3 is 0 Å². The van der Waals surface area contributed by atoms with Crippen LogP contribution in [0.3, 0.4) is 0 Å². The molecule has 1 aromatic rings. The third-order valence-electron chi connectivity index (χ3n) is 2.40. The van der Waals surface area contributed by atoms with E-state index in [0.29, 0.717) is 6.61 Å². The first-order valence-electron chi connectivity index (χ1n) is 5.94. The summed E-state index contributed by atoms with van der Waals surface area (Å²) in [6.45, 7) is 7.99. The van der Waals surface area contributed by atoms with Crippen LogP contribution < -0.4 is 5.32 Å². The Morgan fingerprint density at radius 3 is 2.67 bits per heavy atom. The lowest BCUT2D eigenvalue weighted by molar-refractivity contribution is -0.119. The van der Waals surface area contributed by atoms with E-state index in [-0.39, 0.29) is 11.9 Å². The van der Waals surface area contributed by atoms with E-state index in [2.05, 4.69) is 11.9 Å². The van der Waals surface area contributed by atoms with Crippen LogP contribution in [0.15, 0.2) is 54.8 Å². The molecular weight excluding hydrogens is 226 g/mol. The van der Waals surface area contributed by atoms with Gasteiger partial charge in [0.05, 0.1) is 18.9 Å². The van der Waals surface area contributed by atoms with Gasteiger partial charge in [0.2, 0.25) is 5.91 Å². The summed E-state index contributed by atoms with van der Waals surface area (Å²) < 4.78 is 5.14. The van der Waals surface area contributed by atoms with Gasteiger partial charge in [-0.15, -0.1) is 0 Å². The first-order chi connectivity index (χ1) is 8.65. The van der Waals surface area contributed by atoms with Gasteiger partial charge in [0.25, 0.3) is 0 Å². The molecule has 0 bridgehead atoms. The summed E-state index contributed by atoms with van der Waals surface area (Å²) in [6, 6.07) is 9.50. The van der Waals surface area contributed by atoms with E-state index in [1.54, 1.807) is 12.3 Å². The van der Waals surface area contributed by atoms with Crippen LogP contribution in [0.4, 0.5) is 0 Å². The van der Waals surface area contributed by atoms with Crippen LogP contribution in [-0.4, -0.2) is 12.5 Å². The standard InChI is InChI=1S/C15H19NO2/c1-4-18-11-10-12(2)15(16-13(3)17)14-8-6-5-7-9-14/h5-11,15H,2,4H2,1,3H3,(H,16,17)/b11-10+/t15-/m1/s1. The van der Waals surface area contributed by atoms with Crippen LogP contribution >= 0.6 is 0 Å². The summed E-state index contributed by atoms with van der Waals surface area (Å²) in [5.41, 5.74) is 1.78. The lowest BCUT2D eigenvalue weighted by atomic mass is 10.00. The molecule has 0 unspecified atom stereocenters. The maximum absolute atomic E-state index is 11.3.